The van der Waals surface area contributed by atoms with Crippen LogP contribution in [0.4, 0.5) is 0 Å². The van der Waals surface area contributed by atoms with Crippen molar-refractivity contribution < 1.29 is 9.90 Å². The number of aryl methyl sites for hydroxylation is 1. The predicted molar refractivity (Wildman–Crippen MR) is 74.6 cm³/mol. The van der Waals surface area contributed by atoms with Gasteiger partial charge in [-0.1, -0.05) is 18.9 Å². The minimum Gasteiger partial charge on any atom is -0.388 e. The van der Waals surface area contributed by atoms with Gasteiger partial charge in [0.05, 0.1) is 11.2 Å². The largest absolute Gasteiger partial charge is 0.388 e. The Bertz CT molecular complexity index is 453. The highest BCUT2D eigenvalue weighted by atomic mass is 79.9. The summed E-state index contributed by atoms with van der Waals surface area (Å²) in [5, 5.41) is 13.0. The van der Waals surface area contributed by atoms with Crippen LogP contribution in [-0.4, -0.2) is 23.2 Å². The highest BCUT2D eigenvalue weighted by molar-refractivity contribution is 9.10. The van der Waals surface area contributed by atoms with E-state index in [4.69, 9.17) is 0 Å². The van der Waals surface area contributed by atoms with Crippen LogP contribution in [0.25, 0.3) is 0 Å². The molecule has 0 heterocycles. The Kier molecular flexibility index (Phi) is 4.07. The van der Waals surface area contributed by atoms with Crippen LogP contribution in [0.2, 0.25) is 0 Å². The maximum atomic E-state index is 12.0. The molecule has 98 valence electrons. The van der Waals surface area contributed by atoms with Crippen LogP contribution < -0.4 is 5.32 Å². The number of carbonyl (C=O) groups excluding carboxylic acids is 1. The third-order valence-electron chi connectivity index (χ3n) is 3.48. The molecule has 1 saturated carbocycles. The molecule has 0 aromatic heterocycles. The van der Waals surface area contributed by atoms with Gasteiger partial charge < -0.3 is 10.4 Å². The molecule has 0 aliphatic heterocycles. The zero-order chi connectivity index (χ0) is 13.2. The molecule has 1 amide bonds. The fourth-order valence-corrected chi connectivity index (χ4v) is 3.03. The highest BCUT2D eigenvalue weighted by Crippen LogP contribution is 2.28. The Hall–Kier alpha value is -0.870. The number of halogens is 1. The summed E-state index contributed by atoms with van der Waals surface area (Å²) >= 11 is 3.39. The van der Waals surface area contributed by atoms with Gasteiger partial charge in [0.15, 0.2) is 0 Å². The van der Waals surface area contributed by atoms with E-state index in [0.717, 1.165) is 35.7 Å². The molecular weight excluding hydrogens is 294 g/mol. The van der Waals surface area contributed by atoms with E-state index in [9.17, 15) is 9.90 Å². The number of amides is 1. The zero-order valence-electron chi connectivity index (χ0n) is 10.5. The minimum atomic E-state index is -0.702. The molecular formula is C14H18BrNO2. The summed E-state index contributed by atoms with van der Waals surface area (Å²) < 4.78 is 0.790. The Morgan fingerprint density at radius 1 is 1.44 bits per heavy atom. The first kappa shape index (κ1) is 13.6. The van der Waals surface area contributed by atoms with E-state index in [1.165, 1.54) is 0 Å². The van der Waals surface area contributed by atoms with Crippen LogP contribution in [0, 0.1) is 6.92 Å². The first-order valence-corrected chi connectivity index (χ1v) is 7.06. The van der Waals surface area contributed by atoms with E-state index in [1.807, 2.05) is 19.1 Å². The van der Waals surface area contributed by atoms with Gasteiger partial charge in [-0.15, -0.1) is 0 Å². The van der Waals surface area contributed by atoms with E-state index >= 15 is 0 Å². The summed E-state index contributed by atoms with van der Waals surface area (Å²) in [7, 11) is 0. The number of rotatable bonds is 3. The molecule has 0 atom stereocenters. The Labute approximate surface area is 116 Å². The van der Waals surface area contributed by atoms with Crippen molar-refractivity contribution in [2.45, 2.75) is 38.2 Å². The summed E-state index contributed by atoms with van der Waals surface area (Å²) in [6.07, 6.45) is 3.64. The van der Waals surface area contributed by atoms with Gasteiger partial charge in [0.25, 0.3) is 5.91 Å². The standard InChI is InChI=1S/C14H18BrNO2/c1-10-4-5-11(12(15)8-10)13(17)16-9-14(18)6-2-3-7-14/h4-5,8,18H,2-3,6-7,9H2,1H3,(H,16,17). The molecule has 0 radical (unpaired) electrons. The Morgan fingerprint density at radius 2 is 2.11 bits per heavy atom. The number of hydrogen-bond acceptors (Lipinski definition) is 2. The smallest absolute Gasteiger partial charge is 0.252 e. The molecule has 1 aliphatic carbocycles. The van der Waals surface area contributed by atoms with E-state index < -0.39 is 5.60 Å². The normalized spacial score (nSPS) is 17.7. The second kappa shape index (κ2) is 5.41. The number of benzene rings is 1. The second-order valence-corrected chi connectivity index (χ2v) is 5.95. The van der Waals surface area contributed by atoms with Gasteiger partial charge in [-0.25, -0.2) is 0 Å². The highest BCUT2D eigenvalue weighted by Gasteiger charge is 2.31. The quantitative estimate of drug-likeness (QED) is 0.902. The molecule has 1 fully saturated rings. The third kappa shape index (κ3) is 3.12. The lowest BCUT2D eigenvalue weighted by Gasteiger charge is -2.22. The summed E-state index contributed by atoms with van der Waals surface area (Å²) in [5.74, 6) is -0.137. The molecule has 2 rings (SSSR count). The molecule has 3 nitrogen and oxygen atoms in total. The van der Waals surface area contributed by atoms with Crippen LogP contribution in [0.5, 0.6) is 0 Å². The molecule has 18 heavy (non-hydrogen) atoms. The van der Waals surface area contributed by atoms with E-state index in [2.05, 4.69) is 21.2 Å². The van der Waals surface area contributed by atoms with Crippen molar-refractivity contribution in [3.63, 3.8) is 0 Å². The Balaban J connectivity index is 1.99. The van der Waals surface area contributed by atoms with Gasteiger partial charge in [0, 0.05) is 11.0 Å². The average molecular weight is 312 g/mol. The SMILES string of the molecule is Cc1ccc(C(=O)NCC2(O)CCCC2)c(Br)c1. The van der Waals surface area contributed by atoms with Gasteiger partial charge in [0.2, 0.25) is 0 Å². The van der Waals surface area contributed by atoms with Crippen LogP contribution in [0.3, 0.4) is 0 Å². The molecule has 0 spiro atoms. The molecule has 1 aromatic carbocycles. The van der Waals surface area contributed by atoms with E-state index in [-0.39, 0.29) is 5.91 Å². The predicted octanol–water partition coefficient (Wildman–Crippen LogP) is 2.79. The van der Waals surface area contributed by atoms with Crippen LogP contribution in [-0.2, 0) is 0 Å². The van der Waals surface area contributed by atoms with E-state index in [1.54, 1.807) is 6.07 Å². The van der Waals surface area contributed by atoms with Crippen molar-refractivity contribution in [2.24, 2.45) is 0 Å². The van der Waals surface area contributed by atoms with Crippen molar-refractivity contribution in [3.05, 3.63) is 33.8 Å². The maximum absolute atomic E-state index is 12.0. The molecule has 4 heteroatoms. The van der Waals surface area contributed by atoms with Crippen LogP contribution >= 0.6 is 15.9 Å². The lowest BCUT2D eigenvalue weighted by Crippen LogP contribution is -2.40. The second-order valence-electron chi connectivity index (χ2n) is 5.10. The van der Waals surface area contributed by atoms with Gasteiger partial charge in [-0.05, 0) is 53.4 Å². The van der Waals surface area contributed by atoms with Gasteiger partial charge in [0.1, 0.15) is 0 Å². The first-order chi connectivity index (χ1) is 8.50. The molecule has 1 aromatic rings. The van der Waals surface area contributed by atoms with Crippen LogP contribution in [0.15, 0.2) is 22.7 Å². The lowest BCUT2D eigenvalue weighted by molar-refractivity contribution is 0.0449. The first-order valence-electron chi connectivity index (χ1n) is 6.27. The van der Waals surface area contributed by atoms with Crippen molar-refractivity contribution in [1.82, 2.24) is 5.32 Å². The summed E-state index contributed by atoms with van der Waals surface area (Å²) in [5.41, 5.74) is 1.02. The maximum Gasteiger partial charge on any atom is 0.252 e. The fourth-order valence-electron chi connectivity index (χ4n) is 2.35. The zero-order valence-corrected chi connectivity index (χ0v) is 12.1. The van der Waals surface area contributed by atoms with Crippen LogP contribution in [0.1, 0.15) is 41.6 Å². The summed E-state index contributed by atoms with van der Waals surface area (Å²) in [6.45, 7) is 2.32. The van der Waals surface area contributed by atoms with E-state index in [0.29, 0.717) is 12.1 Å². The number of nitrogens with one attached hydrogen (secondary N) is 1. The molecule has 2 N–H and O–H groups in total. The topological polar surface area (TPSA) is 49.3 Å². The number of aliphatic hydroxyl groups is 1. The van der Waals surface area contributed by atoms with Crippen molar-refractivity contribution in [1.29, 1.82) is 0 Å². The van der Waals surface area contributed by atoms with Crippen molar-refractivity contribution in [3.8, 4) is 0 Å². The van der Waals surface area contributed by atoms with Crippen molar-refractivity contribution >= 4 is 21.8 Å². The fraction of sp³-hybridized carbons (Fsp3) is 0.500. The minimum absolute atomic E-state index is 0.137. The summed E-state index contributed by atoms with van der Waals surface area (Å²) in [4.78, 5) is 12.0. The molecule has 0 bridgehead atoms. The lowest BCUT2D eigenvalue weighted by atomic mass is 10.0. The average Bonchev–Trinajstić information content (AvgIpc) is 2.74. The van der Waals surface area contributed by atoms with Gasteiger partial charge in [-0.3, -0.25) is 4.79 Å². The van der Waals surface area contributed by atoms with Gasteiger partial charge in [-0.2, -0.15) is 0 Å². The molecule has 1 aliphatic rings. The third-order valence-corrected chi connectivity index (χ3v) is 4.14. The molecule has 0 unspecified atom stereocenters. The van der Waals surface area contributed by atoms with Crippen molar-refractivity contribution in [2.75, 3.05) is 6.54 Å². The number of hydrogen-bond donors (Lipinski definition) is 2. The summed E-state index contributed by atoms with van der Waals surface area (Å²) in [6, 6.07) is 5.62. The number of carbonyl (C=O) groups is 1. The van der Waals surface area contributed by atoms with Gasteiger partial charge >= 0.3 is 0 Å². The molecule has 0 saturated heterocycles. The monoisotopic (exact) mass is 311 g/mol. The Morgan fingerprint density at radius 3 is 2.72 bits per heavy atom.